The van der Waals surface area contributed by atoms with Crippen LogP contribution in [0.4, 0.5) is 4.39 Å². The van der Waals surface area contributed by atoms with E-state index in [-0.39, 0.29) is 34.9 Å². The number of likely N-dealkylation sites (tertiary alicyclic amines) is 1. The number of piperidine rings is 1. The summed E-state index contributed by atoms with van der Waals surface area (Å²) in [7, 11) is 2.02. The maximum Gasteiger partial charge on any atom is 0.238 e. The van der Waals surface area contributed by atoms with Crippen LogP contribution in [0.1, 0.15) is 18.4 Å². The number of rotatable bonds is 5. The van der Waals surface area contributed by atoms with Crippen molar-refractivity contribution in [1.82, 2.24) is 9.80 Å². The van der Waals surface area contributed by atoms with Gasteiger partial charge in [0.1, 0.15) is 17.4 Å². The summed E-state index contributed by atoms with van der Waals surface area (Å²) in [4.78, 5) is 8.16. The first-order valence-electron chi connectivity index (χ1n) is 10.2. The lowest BCUT2D eigenvalue weighted by Gasteiger charge is -2.31. The van der Waals surface area contributed by atoms with Gasteiger partial charge in [0.2, 0.25) is 5.90 Å². The quantitative estimate of drug-likeness (QED) is 0.291. The number of hydrogen-bond acceptors (Lipinski definition) is 8. The molecule has 0 bridgehead atoms. The van der Waals surface area contributed by atoms with Crippen molar-refractivity contribution in [1.29, 1.82) is 16.2 Å². The van der Waals surface area contributed by atoms with Crippen LogP contribution in [-0.2, 0) is 11.3 Å². The second-order valence-corrected chi connectivity index (χ2v) is 8.61. The molecule has 0 atom stereocenters. The maximum atomic E-state index is 13.9. The lowest BCUT2D eigenvalue weighted by Crippen LogP contribution is -2.38. The van der Waals surface area contributed by atoms with Gasteiger partial charge in [-0.05, 0) is 51.2 Å². The molecular formula is C21H26Cl2FN7O. The van der Waals surface area contributed by atoms with Crippen LogP contribution in [0, 0.1) is 28.0 Å². The summed E-state index contributed by atoms with van der Waals surface area (Å²) in [6.07, 6.45) is 2.92. The molecule has 11 heteroatoms. The number of halogens is 3. The SMILES string of the molecule is CN1CCC(C(=N)OC(=N)C(=N)/C=C2\C(N)=NCCN2Cc2c(Cl)ccc(F)c2Cl)CC1. The van der Waals surface area contributed by atoms with Crippen molar-refractivity contribution in [2.45, 2.75) is 19.4 Å². The van der Waals surface area contributed by atoms with Gasteiger partial charge in [0.15, 0.2) is 5.90 Å². The molecule has 172 valence electrons. The van der Waals surface area contributed by atoms with Crippen molar-refractivity contribution in [3.05, 3.63) is 45.3 Å². The minimum Gasteiger partial charge on any atom is -0.423 e. The van der Waals surface area contributed by atoms with Gasteiger partial charge >= 0.3 is 0 Å². The fraction of sp³-hybridized carbons (Fsp3) is 0.429. The van der Waals surface area contributed by atoms with Crippen molar-refractivity contribution >= 4 is 46.5 Å². The average molecular weight is 482 g/mol. The number of amidine groups is 1. The van der Waals surface area contributed by atoms with Gasteiger partial charge in [0.05, 0.1) is 17.3 Å². The Morgan fingerprint density at radius 1 is 1.25 bits per heavy atom. The van der Waals surface area contributed by atoms with Crippen LogP contribution in [0.3, 0.4) is 0 Å². The largest absolute Gasteiger partial charge is 0.423 e. The Kier molecular flexibility index (Phi) is 7.86. The summed E-state index contributed by atoms with van der Waals surface area (Å²) in [6, 6.07) is 2.63. The van der Waals surface area contributed by atoms with E-state index in [9.17, 15) is 4.39 Å². The van der Waals surface area contributed by atoms with Crippen molar-refractivity contribution in [2.75, 3.05) is 33.2 Å². The van der Waals surface area contributed by atoms with Gasteiger partial charge in [-0.3, -0.25) is 21.2 Å². The van der Waals surface area contributed by atoms with Crippen LogP contribution < -0.4 is 5.73 Å². The van der Waals surface area contributed by atoms with Gasteiger partial charge in [-0.1, -0.05) is 23.2 Å². The highest BCUT2D eigenvalue weighted by atomic mass is 35.5. The average Bonchev–Trinajstić information content (AvgIpc) is 2.76. The fourth-order valence-electron chi connectivity index (χ4n) is 3.61. The Morgan fingerprint density at radius 2 is 1.94 bits per heavy atom. The zero-order chi connectivity index (χ0) is 23.4. The molecule has 0 aromatic heterocycles. The number of hydrogen-bond donors (Lipinski definition) is 4. The Hall–Kier alpha value is -2.49. The molecule has 0 saturated carbocycles. The zero-order valence-electron chi connectivity index (χ0n) is 17.7. The van der Waals surface area contributed by atoms with Gasteiger partial charge in [-0.2, -0.15) is 0 Å². The van der Waals surface area contributed by atoms with E-state index >= 15 is 0 Å². The van der Waals surface area contributed by atoms with E-state index in [0.29, 0.717) is 29.4 Å². The van der Waals surface area contributed by atoms with Gasteiger partial charge in [-0.25, -0.2) is 4.39 Å². The normalized spacial score (nSPS) is 19.1. The third-order valence-electron chi connectivity index (χ3n) is 5.57. The van der Waals surface area contributed by atoms with E-state index < -0.39 is 11.7 Å². The third kappa shape index (κ3) is 5.65. The maximum absolute atomic E-state index is 13.9. The van der Waals surface area contributed by atoms with Crippen molar-refractivity contribution < 1.29 is 9.13 Å². The molecule has 5 N–H and O–H groups in total. The van der Waals surface area contributed by atoms with Crippen LogP contribution >= 0.6 is 23.2 Å². The Labute approximate surface area is 196 Å². The molecule has 3 rings (SSSR count). The van der Waals surface area contributed by atoms with E-state index in [1.54, 1.807) is 4.90 Å². The minimum atomic E-state index is -0.578. The number of nitrogens with one attached hydrogen (secondary N) is 3. The van der Waals surface area contributed by atoms with Crippen LogP contribution in [0.15, 0.2) is 28.9 Å². The first-order valence-corrected chi connectivity index (χ1v) is 10.9. The Morgan fingerprint density at radius 3 is 2.62 bits per heavy atom. The highest BCUT2D eigenvalue weighted by molar-refractivity contribution is 6.43. The van der Waals surface area contributed by atoms with E-state index in [0.717, 1.165) is 25.9 Å². The molecule has 32 heavy (non-hydrogen) atoms. The zero-order valence-corrected chi connectivity index (χ0v) is 19.2. The molecule has 0 radical (unpaired) electrons. The molecule has 1 aromatic carbocycles. The fourth-order valence-corrected chi connectivity index (χ4v) is 4.10. The number of nitrogens with zero attached hydrogens (tertiary/aromatic N) is 3. The monoisotopic (exact) mass is 481 g/mol. The Bertz CT molecular complexity index is 987. The highest BCUT2D eigenvalue weighted by Gasteiger charge is 2.25. The molecule has 0 unspecified atom stereocenters. The van der Waals surface area contributed by atoms with Crippen LogP contribution in [0.2, 0.25) is 10.0 Å². The van der Waals surface area contributed by atoms with Gasteiger partial charge in [0.25, 0.3) is 0 Å². The summed E-state index contributed by atoms with van der Waals surface area (Å²) in [5, 5.41) is 24.8. The molecule has 0 aliphatic carbocycles. The summed E-state index contributed by atoms with van der Waals surface area (Å²) < 4.78 is 19.3. The first-order chi connectivity index (χ1) is 15.2. The molecule has 8 nitrogen and oxygen atoms in total. The summed E-state index contributed by atoms with van der Waals surface area (Å²) >= 11 is 12.3. The number of nitrogens with two attached hydrogens (primary N) is 1. The third-order valence-corrected chi connectivity index (χ3v) is 6.33. The minimum absolute atomic E-state index is 0.00767. The Balaban J connectivity index is 1.73. The van der Waals surface area contributed by atoms with Gasteiger partial charge < -0.3 is 20.3 Å². The van der Waals surface area contributed by atoms with Gasteiger partial charge in [-0.15, -0.1) is 0 Å². The van der Waals surface area contributed by atoms with Crippen LogP contribution in [0.25, 0.3) is 0 Å². The smallest absolute Gasteiger partial charge is 0.238 e. The molecule has 1 saturated heterocycles. The van der Waals surface area contributed by atoms with Crippen LogP contribution in [-0.4, -0.2) is 66.4 Å². The lowest BCUT2D eigenvalue weighted by molar-refractivity contribution is 0.240. The molecule has 0 amide bonds. The molecule has 2 heterocycles. The summed E-state index contributed by atoms with van der Waals surface area (Å²) in [5.41, 5.74) is 6.59. The van der Waals surface area contributed by atoms with Gasteiger partial charge in [0, 0.05) is 29.6 Å². The summed E-state index contributed by atoms with van der Waals surface area (Å²) in [6.45, 7) is 2.74. The van der Waals surface area contributed by atoms with Crippen LogP contribution in [0.5, 0.6) is 0 Å². The lowest BCUT2D eigenvalue weighted by atomic mass is 9.97. The van der Waals surface area contributed by atoms with E-state index in [1.165, 1.54) is 18.2 Å². The molecule has 0 spiro atoms. The first kappa shape index (κ1) is 24.2. The highest BCUT2D eigenvalue weighted by Crippen LogP contribution is 2.30. The predicted molar refractivity (Wildman–Crippen MR) is 126 cm³/mol. The number of benzene rings is 1. The second-order valence-electron chi connectivity index (χ2n) is 7.83. The molecule has 1 aromatic rings. The molecular weight excluding hydrogens is 456 g/mol. The topological polar surface area (TPSA) is 126 Å². The van der Waals surface area contributed by atoms with E-state index in [4.69, 9.17) is 49.9 Å². The molecule has 2 aliphatic heterocycles. The number of aliphatic imine (C=N–C) groups is 1. The molecule has 2 aliphatic rings. The second kappa shape index (κ2) is 10.4. The van der Waals surface area contributed by atoms with Crippen molar-refractivity contribution in [3.8, 4) is 0 Å². The van der Waals surface area contributed by atoms with Crippen molar-refractivity contribution in [3.63, 3.8) is 0 Å². The standard InChI is InChI=1S/C21H26Cl2FN7O/c1-30-7-4-12(5-8-30)20(27)32-21(28)16(25)10-17-19(26)29-6-9-31(17)11-13-14(22)2-3-15(24)18(13)23/h2-3,10,12,25,27-28H,4-9,11H2,1H3,(H2,26,29)/b17-10+,25-16?,27-20?,28-21?. The predicted octanol–water partition coefficient (Wildman–Crippen LogP) is 3.52. The summed E-state index contributed by atoms with van der Waals surface area (Å²) in [5.74, 6) is -0.913. The van der Waals surface area contributed by atoms with E-state index in [1.807, 2.05) is 7.05 Å². The number of ether oxygens (including phenoxy) is 1. The molecule has 1 fully saturated rings. The van der Waals surface area contributed by atoms with Crippen molar-refractivity contribution in [2.24, 2.45) is 16.6 Å². The van der Waals surface area contributed by atoms with E-state index in [2.05, 4.69) is 9.89 Å².